The van der Waals surface area contributed by atoms with Gasteiger partial charge in [0.2, 0.25) is 0 Å². The molecular weight excluding hydrogens is 397 g/mol. The quantitative estimate of drug-likeness (QED) is 0.331. The van der Waals surface area contributed by atoms with Crippen LogP contribution in [0.25, 0.3) is 0 Å². The number of rotatable bonds is 6. The maximum Gasteiger partial charge on any atom is 0.494 e. The largest absolute Gasteiger partial charge is 0.496 e. The third-order valence-electron chi connectivity index (χ3n) is 5.36. The molecule has 0 unspecified atom stereocenters. The normalized spacial score (nSPS) is 18.2. The van der Waals surface area contributed by atoms with Gasteiger partial charge in [0.1, 0.15) is 5.75 Å². The number of benzene rings is 2. The van der Waals surface area contributed by atoms with Crippen LogP contribution in [-0.4, -0.2) is 36.8 Å². The third kappa shape index (κ3) is 5.25. The zero-order chi connectivity index (χ0) is 21.8. The van der Waals surface area contributed by atoms with Crippen molar-refractivity contribution < 1.29 is 14.0 Å². The van der Waals surface area contributed by atoms with E-state index < -0.39 is 18.3 Å². The van der Waals surface area contributed by atoms with Gasteiger partial charge in [-0.3, -0.25) is 0 Å². The second-order valence-corrected chi connectivity index (χ2v) is 9.04. The van der Waals surface area contributed by atoms with E-state index in [4.69, 9.17) is 19.8 Å². The van der Waals surface area contributed by atoms with Gasteiger partial charge in [-0.1, -0.05) is 48.2 Å². The Morgan fingerprint density at radius 1 is 1.10 bits per heavy atom. The van der Waals surface area contributed by atoms with Crippen molar-refractivity contribution >= 4 is 35.7 Å². The summed E-state index contributed by atoms with van der Waals surface area (Å²) >= 11 is 1.44. The van der Waals surface area contributed by atoms with Crippen LogP contribution in [0.2, 0.25) is 0 Å². The van der Waals surface area contributed by atoms with Crippen LogP contribution in [0.1, 0.15) is 38.8 Å². The summed E-state index contributed by atoms with van der Waals surface area (Å²) in [6.45, 7) is 8.12. The predicted molar refractivity (Wildman–Crippen MR) is 126 cm³/mol. The molecule has 0 radical (unpaired) electrons. The van der Waals surface area contributed by atoms with Gasteiger partial charge in [0.05, 0.1) is 24.5 Å². The Bertz CT molecular complexity index is 916. The highest BCUT2D eigenvalue weighted by Crippen LogP contribution is 2.36. The maximum atomic E-state index is 6.14. The zero-order valence-electron chi connectivity index (χ0n) is 18.1. The van der Waals surface area contributed by atoms with E-state index in [-0.39, 0.29) is 0 Å². The molecule has 0 aliphatic carbocycles. The minimum atomic E-state index is -0.456. The van der Waals surface area contributed by atoms with E-state index in [1.165, 1.54) is 17.3 Å². The molecule has 0 aromatic heterocycles. The summed E-state index contributed by atoms with van der Waals surface area (Å²) in [4.78, 5) is 0. The molecule has 1 fully saturated rings. The number of nitrogens with zero attached hydrogens (tertiary/aromatic N) is 2. The number of hydrogen-bond acceptors (Lipinski definition) is 6. The van der Waals surface area contributed by atoms with Gasteiger partial charge in [-0.05, 0) is 50.9 Å². The Morgan fingerprint density at radius 2 is 1.77 bits per heavy atom. The van der Waals surface area contributed by atoms with E-state index in [1.54, 1.807) is 13.3 Å². The van der Waals surface area contributed by atoms with Gasteiger partial charge in [0.25, 0.3) is 0 Å². The van der Waals surface area contributed by atoms with Gasteiger partial charge in [-0.15, -0.1) is 5.10 Å². The first-order chi connectivity index (χ1) is 14.2. The number of ether oxygens (including phenoxy) is 1. The van der Waals surface area contributed by atoms with Crippen LogP contribution < -0.4 is 15.9 Å². The van der Waals surface area contributed by atoms with Gasteiger partial charge >= 0.3 is 7.12 Å². The summed E-state index contributed by atoms with van der Waals surface area (Å²) < 4.78 is 17.7. The van der Waals surface area contributed by atoms with Crippen LogP contribution in [0, 0.1) is 0 Å². The molecule has 0 amide bonds. The fourth-order valence-electron chi connectivity index (χ4n) is 2.89. The van der Waals surface area contributed by atoms with Crippen molar-refractivity contribution in [3.63, 3.8) is 0 Å². The monoisotopic (exact) mass is 425 g/mol. The third-order valence-corrected chi connectivity index (χ3v) is 6.22. The lowest BCUT2D eigenvalue weighted by atomic mass is 9.78. The Hall–Kier alpha value is -2.29. The topological polar surface area (TPSA) is 78.4 Å². The lowest BCUT2D eigenvalue weighted by Gasteiger charge is -2.32. The number of nitrogens with two attached hydrogens (primary N) is 1. The summed E-state index contributed by atoms with van der Waals surface area (Å²) in [5, 5.41) is 8.63. The smallest absolute Gasteiger partial charge is 0.494 e. The fourth-order valence-corrected chi connectivity index (χ4v) is 3.50. The molecule has 6 nitrogen and oxygen atoms in total. The van der Waals surface area contributed by atoms with Crippen LogP contribution in [0.5, 0.6) is 5.75 Å². The minimum Gasteiger partial charge on any atom is -0.496 e. The van der Waals surface area contributed by atoms with Crippen molar-refractivity contribution in [1.29, 1.82) is 0 Å². The van der Waals surface area contributed by atoms with Crippen LogP contribution in [0.3, 0.4) is 0 Å². The summed E-state index contributed by atoms with van der Waals surface area (Å²) in [5.41, 5.74) is 8.02. The van der Waals surface area contributed by atoms with E-state index in [0.717, 1.165) is 16.8 Å². The molecule has 1 aliphatic heterocycles. The molecule has 0 spiro atoms. The average molecular weight is 425 g/mol. The van der Waals surface area contributed by atoms with E-state index in [2.05, 4.69) is 22.3 Å². The lowest BCUT2D eigenvalue weighted by Crippen LogP contribution is -2.41. The SMILES string of the molecule is COc1ccc(B2OC(C)(C)C(C)(C)O2)cc1C=NN=C(N)SCc1ccccc1. The molecule has 0 saturated carbocycles. The molecule has 3 rings (SSSR count). The molecule has 30 heavy (non-hydrogen) atoms. The standard InChI is InChI=1S/C22H28BN3O3S/c1-21(2)22(3,4)29-23(28-21)18-11-12-19(27-5)17(13-18)14-25-26-20(24)30-15-16-9-7-6-8-10-16/h6-14H,15H2,1-5H3,(H2,24,26). The molecule has 1 aliphatic rings. The average Bonchev–Trinajstić information content (AvgIpc) is 2.94. The number of hydrogen-bond donors (Lipinski definition) is 1. The molecular formula is C22H28BN3O3S. The molecule has 0 bridgehead atoms. The molecule has 0 atom stereocenters. The fraction of sp³-hybridized carbons (Fsp3) is 0.364. The van der Waals surface area contributed by atoms with Crippen molar-refractivity contribution in [2.24, 2.45) is 15.9 Å². The van der Waals surface area contributed by atoms with Gasteiger partial charge in [0.15, 0.2) is 5.17 Å². The first-order valence-corrected chi connectivity index (χ1v) is 10.8. The minimum absolute atomic E-state index is 0.399. The zero-order valence-corrected chi connectivity index (χ0v) is 18.9. The Morgan fingerprint density at radius 3 is 2.40 bits per heavy atom. The van der Waals surface area contributed by atoms with Crippen molar-refractivity contribution in [3.8, 4) is 5.75 Å². The molecule has 2 aromatic carbocycles. The van der Waals surface area contributed by atoms with E-state index in [0.29, 0.717) is 10.9 Å². The lowest BCUT2D eigenvalue weighted by molar-refractivity contribution is 0.00578. The molecule has 2 N–H and O–H groups in total. The molecule has 8 heteroatoms. The highest BCUT2D eigenvalue weighted by Gasteiger charge is 2.51. The molecule has 1 saturated heterocycles. The van der Waals surface area contributed by atoms with Gasteiger partial charge in [0, 0.05) is 11.3 Å². The molecule has 2 aromatic rings. The Kier molecular flexibility index (Phi) is 6.90. The first-order valence-electron chi connectivity index (χ1n) is 9.78. The van der Waals surface area contributed by atoms with Crippen molar-refractivity contribution in [1.82, 2.24) is 0 Å². The first kappa shape index (κ1) is 22.4. The summed E-state index contributed by atoms with van der Waals surface area (Å²) in [7, 11) is 1.16. The summed E-state index contributed by atoms with van der Waals surface area (Å²) in [6.07, 6.45) is 1.63. The number of methoxy groups -OCH3 is 1. The van der Waals surface area contributed by atoms with Crippen LogP contribution in [-0.2, 0) is 15.1 Å². The van der Waals surface area contributed by atoms with Gasteiger partial charge in [-0.25, -0.2) is 0 Å². The number of amidine groups is 1. The second-order valence-electron chi connectivity index (χ2n) is 8.05. The van der Waals surface area contributed by atoms with Crippen molar-refractivity contribution in [2.75, 3.05) is 7.11 Å². The molecule has 1 heterocycles. The Labute approximate surface area is 183 Å². The summed E-state index contributed by atoms with van der Waals surface area (Å²) in [6, 6.07) is 15.8. The maximum absolute atomic E-state index is 6.14. The van der Waals surface area contributed by atoms with Crippen LogP contribution in [0.15, 0.2) is 58.7 Å². The predicted octanol–water partition coefficient (Wildman–Crippen LogP) is 3.58. The Balaban J connectivity index is 1.71. The highest BCUT2D eigenvalue weighted by molar-refractivity contribution is 8.13. The van der Waals surface area contributed by atoms with E-state index in [1.807, 2.05) is 64.1 Å². The van der Waals surface area contributed by atoms with Crippen molar-refractivity contribution in [2.45, 2.75) is 44.6 Å². The van der Waals surface area contributed by atoms with Gasteiger partial charge < -0.3 is 19.8 Å². The van der Waals surface area contributed by atoms with Gasteiger partial charge in [-0.2, -0.15) is 5.10 Å². The van der Waals surface area contributed by atoms with Crippen LogP contribution in [0.4, 0.5) is 0 Å². The van der Waals surface area contributed by atoms with E-state index >= 15 is 0 Å². The second kappa shape index (κ2) is 9.24. The molecule has 158 valence electrons. The van der Waals surface area contributed by atoms with E-state index in [9.17, 15) is 0 Å². The van der Waals surface area contributed by atoms with Crippen molar-refractivity contribution in [3.05, 3.63) is 59.7 Å². The summed E-state index contributed by atoms with van der Waals surface area (Å²) in [5.74, 6) is 1.43. The number of thioether (sulfide) groups is 1. The highest BCUT2D eigenvalue weighted by atomic mass is 32.2. The van der Waals surface area contributed by atoms with Crippen LogP contribution >= 0.6 is 11.8 Å².